The zero-order valence-electron chi connectivity index (χ0n) is 11.5. The molecule has 2 heterocycles. The second-order valence-corrected chi connectivity index (χ2v) is 6.53. The van der Waals surface area contributed by atoms with Gasteiger partial charge in [0.25, 0.3) is 0 Å². The number of carbonyl (C=O) groups is 1. The topological polar surface area (TPSA) is 43.8 Å². The summed E-state index contributed by atoms with van der Waals surface area (Å²) in [5, 5.41) is 8.85. The van der Waals surface area contributed by atoms with E-state index in [4.69, 9.17) is 5.11 Å². The number of piperazine rings is 1. The van der Waals surface area contributed by atoms with E-state index in [1.165, 1.54) is 22.6 Å². The lowest BCUT2D eigenvalue weighted by atomic mass is 10.0. The number of benzene rings is 1. The van der Waals surface area contributed by atoms with Gasteiger partial charge in [0, 0.05) is 37.1 Å². The molecule has 20 heavy (non-hydrogen) atoms. The summed E-state index contributed by atoms with van der Waals surface area (Å²) in [4.78, 5) is 16.7. The van der Waals surface area contributed by atoms with Crippen LogP contribution in [0.5, 0.6) is 0 Å². The number of nitrogens with zero attached hydrogens (tertiary/aromatic N) is 2. The Bertz CT molecular complexity index is 487. The Kier molecular flexibility index (Phi) is 4.29. The Hall–Kier alpha value is -1.04. The lowest BCUT2D eigenvalue weighted by Gasteiger charge is -2.40. The van der Waals surface area contributed by atoms with Gasteiger partial charge in [0.2, 0.25) is 0 Å². The van der Waals surface area contributed by atoms with Crippen LogP contribution in [0.4, 0.5) is 0 Å². The lowest BCUT2D eigenvalue weighted by molar-refractivity contribution is -0.138. The van der Waals surface area contributed by atoms with Crippen molar-refractivity contribution >= 4 is 17.7 Å². The van der Waals surface area contributed by atoms with Gasteiger partial charge in [0.15, 0.2) is 0 Å². The first-order chi connectivity index (χ1) is 9.74. The highest BCUT2D eigenvalue weighted by atomic mass is 32.2. The quantitative estimate of drug-likeness (QED) is 0.922. The maximum atomic E-state index is 10.8. The van der Waals surface area contributed by atoms with Crippen LogP contribution in [0.15, 0.2) is 29.2 Å². The monoisotopic (exact) mass is 292 g/mol. The van der Waals surface area contributed by atoms with Gasteiger partial charge in [-0.3, -0.25) is 14.6 Å². The van der Waals surface area contributed by atoms with E-state index in [0.717, 1.165) is 26.2 Å². The average molecular weight is 292 g/mol. The largest absolute Gasteiger partial charge is 0.480 e. The first-order valence-corrected chi connectivity index (χ1v) is 8.12. The minimum Gasteiger partial charge on any atom is -0.480 e. The molecular formula is C15H20N2O2S. The van der Waals surface area contributed by atoms with Crippen molar-refractivity contribution in [2.24, 2.45) is 0 Å². The second kappa shape index (κ2) is 6.16. The van der Waals surface area contributed by atoms with Crippen LogP contribution in [0.2, 0.25) is 0 Å². The van der Waals surface area contributed by atoms with Gasteiger partial charge in [-0.1, -0.05) is 18.2 Å². The Morgan fingerprint density at radius 3 is 2.75 bits per heavy atom. The number of carboxylic acids is 1. The summed E-state index contributed by atoms with van der Waals surface area (Å²) in [5.74, 6) is 0.453. The smallest absolute Gasteiger partial charge is 0.317 e. The summed E-state index contributed by atoms with van der Waals surface area (Å²) < 4.78 is 0. The van der Waals surface area contributed by atoms with Crippen molar-refractivity contribution in [2.45, 2.75) is 17.4 Å². The van der Waals surface area contributed by atoms with Crippen LogP contribution < -0.4 is 0 Å². The fourth-order valence-corrected chi connectivity index (χ4v) is 4.23. The van der Waals surface area contributed by atoms with Crippen molar-refractivity contribution in [3.63, 3.8) is 0 Å². The van der Waals surface area contributed by atoms with Crippen molar-refractivity contribution in [2.75, 3.05) is 38.5 Å². The molecule has 1 fully saturated rings. The van der Waals surface area contributed by atoms with Crippen molar-refractivity contribution in [1.82, 2.24) is 9.80 Å². The van der Waals surface area contributed by atoms with Crippen LogP contribution >= 0.6 is 11.8 Å². The van der Waals surface area contributed by atoms with Gasteiger partial charge in [-0.25, -0.2) is 0 Å². The summed E-state index contributed by atoms with van der Waals surface area (Å²) >= 11 is 1.95. The summed E-state index contributed by atoms with van der Waals surface area (Å²) in [6.07, 6.45) is 1.20. The molecule has 0 radical (unpaired) electrons. The first-order valence-electron chi connectivity index (χ1n) is 7.14. The number of aliphatic carboxylic acids is 1. The zero-order chi connectivity index (χ0) is 13.9. The summed E-state index contributed by atoms with van der Waals surface area (Å²) in [6.45, 7) is 3.83. The molecule has 2 aliphatic heterocycles. The van der Waals surface area contributed by atoms with E-state index in [1.807, 2.05) is 16.7 Å². The third-order valence-corrected chi connectivity index (χ3v) is 5.26. The van der Waals surface area contributed by atoms with Crippen LogP contribution in [0, 0.1) is 0 Å². The van der Waals surface area contributed by atoms with Crippen LogP contribution in [0.1, 0.15) is 18.0 Å². The Labute approximate surface area is 123 Å². The van der Waals surface area contributed by atoms with E-state index in [-0.39, 0.29) is 6.54 Å². The molecule has 108 valence electrons. The molecule has 3 rings (SSSR count). The van der Waals surface area contributed by atoms with Gasteiger partial charge in [-0.15, -0.1) is 11.8 Å². The van der Waals surface area contributed by atoms with Crippen LogP contribution in [-0.4, -0.2) is 59.4 Å². The van der Waals surface area contributed by atoms with Crippen LogP contribution in [-0.2, 0) is 4.79 Å². The number of thioether (sulfide) groups is 1. The molecule has 5 heteroatoms. The molecule has 0 amide bonds. The fraction of sp³-hybridized carbons (Fsp3) is 0.533. The standard InChI is InChI=1S/C15H20N2O2S/c18-15(19)11-16-6-8-17(9-7-16)13-5-10-20-14-4-2-1-3-12(13)14/h1-4,13H,5-11H2,(H,18,19). The zero-order valence-corrected chi connectivity index (χ0v) is 12.3. The Balaban J connectivity index is 1.66. The number of carboxylic acid groups (broad SMARTS) is 1. The molecule has 1 aromatic carbocycles. The summed E-state index contributed by atoms with van der Waals surface area (Å²) in [5.41, 5.74) is 1.45. The van der Waals surface area contributed by atoms with Crippen molar-refractivity contribution in [3.05, 3.63) is 29.8 Å². The van der Waals surface area contributed by atoms with Gasteiger partial charge in [0.1, 0.15) is 0 Å². The molecule has 0 bridgehead atoms. The highest BCUT2D eigenvalue weighted by Gasteiger charge is 2.29. The molecule has 0 aromatic heterocycles. The molecule has 0 spiro atoms. The van der Waals surface area contributed by atoms with E-state index in [1.54, 1.807) is 0 Å². The van der Waals surface area contributed by atoms with E-state index in [2.05, 4.69) is 29.2 Å². The molecule has 0 saturated carbocycles. The van der Waals surface area contributed by atoms with Gasteiger partial charge in [-0.05, 0) is 23.8 Å². The van der Waals surface area contributed by atoms with Gasteiger partial charge >= 0.3 is 5.97 Å². The minimum atomic E-state index is -0.724. The lowest BCUT2D eigenvalue weighted by Crippen LogP contribution is -2.49. The maximum Gasteiger partial charge on any atom is 0.317 e. The number of rotatable bonds is 3. The molecule has 1 N–H and O–H groups in total. The van der Waals surface area contributed by atoms with E-state index < -0.39 is 5.97 Å². The summed E-state index contributed by atoms with van der Waals surface area (Å²) in [6, 6.07) is 9.21. The highest BCUT2D eigenvalue weighted by molar-refractivity contribution is 7.99. The van der Waals surface area contributed by atoms with Crippen molar-refractivity contribution in [3.8, 4) is 0 Å². The third kappa shape index (κ3) is 3.00. The normalized spacial score (nSPS) is 24.3. The number of hydrogen-bond acceptors (Lipinski definition) is 4. The second-order valence-electron chi connectivity index (χ2n) is 5.40. The van der Waals surface area contributed by atoms with E-state index >= 15 is 0 Å². The van der Waals surface area contributed by atoms with Crippen molar-refractivity contribution in [1.29, 1.82) is 0 Å². The van der Waals surface area contributed by atoms with Gasteiger partial charge < -0.3 is 5.11 Å². The number of fused-ring (bicyclic) bond motifs is 1. The van der Waals surface area contributed by atoms with E-state index in [0.29, 0.717) is 6.04 Å². The number of hydrogen-bond donors (Lipinski definition) is 1. The first kappa shape index (κ1) is 13.9. The molecule has 2 aliphatic rings. The average Bonchev–Trinajstić information content (AvgIpc) is 2.47. The molecule has 1 atom stereocenters. The van der Waals surface area contributed by atoms with E-state index in [9.17, 15) is 4.79 Å². The van der Waals surface area contributed by atoms with Gasteiger partial charge in [-0.2, -0.15) is 0 Å². The molecule has 1 aromatic rings. The predicted molar refractivity (Wildman–Crippen MR) is 80.2 cm³/mol. The van der Waals surface area contributed by atoms with Crippen molar-refractivity contribution < 1.29 is 9.90 Å². The Morgan fingerprint density at radius 1 is 1.25 bits per heavy atom. The third-order valence-electron chi connectivity index (χ3n) is 4.13. The molecule has 4 nitrogen and oxygen atoms in total. The fourth-order valence-electron chi connectivity index (χ4n) is 3.13. The molecule has 1 saturated heterocycles. The maximum absolute atomic E-state index is 10.8. The minimum absolute atomic E-state index is 0.172. The highest BCUT2D eigenvalue weighted by Crippen LogP contribution is 2.39. The SMILES string of the molecule is O=C(O)CN1CCN(C2CCSc3ccccc32)CC1. The molecular weight excluding hydrogens is 272 g/mol. The van der Waals surface area contributed by atoms with Gasteiger partial charge in [0.05, 0.1) is 6.54 Å². The molecule has 0 aliphatic carbocycles. The summed E-state index contributed by atoms with van der Waals surface area (Å²) in [7, 11) is 0. The predicted octanol–water partition coefficient (Wildman–Crippen LogP) is 1.93. The Morgan fingerprint density at radius 2 is 2.00 bits per heavy atom. The molecule has 1 unspecified atom stereocenters. The van der Waals surface area contributed by atoms with Crippen LogP contribution in [0.25, 0.3) is 0 Å². The van der Waals surface area contributed by atoms with Crippen LogP contribution in [0.3, 0.4) is 0 Å².